The van der Waals surface area contributed by atoms with Crippen molar-refractivity contribution in [1.82, 2.24) is 5.32 Å². The summed E-state index contributed by atoms with van der Waals surface area (Å²) in [5.74, 6) is 0.423. The number of rotatable bonds is 4. The van der Waals surface area contributed by atoms with E-state index >= 15 is 0 Å². The zero-order valence-electron chi connectivity index (χ0n) is 11.2. The number of carbonyl (C=O) groups excluding carboxylic acids is 1. The summed E-state index contributed by atoms with van der Waals surface area (Å²) in [7, 11) is 1.49. The van der Waals surface area contributed by atoms with Crippen LogP contribution in [0.5, 0.6) is 5.75 Å². The van der Waals surface area contributed by atoms with Crippen molar-refractivity contribution in [3.05, 3.63) is 23.8 Å². The average molecular weight is 278 g/mol. The van der Waals surface area contributed by atoms with Crippen LogP contribution in [0.2, 0.25) is 0 Å². The van der Waals surface area contributed by atoms with Crippen LogP contribution in [0.15, 0.2) is 23.4 Å². The first-order chi connectivity index (χ1) is 9.63. The van der Waals surface area contributed by atoms with Gasteiger partial charge in [-0.2, -0.15) is 0 Å². The molecule has 0 heterocycles. The van der Waals surface area contributed by atoms with Gasteiger partial charge in [-0.15, -0.1) is 0 Å². The summed E-state index contributed by atoms with van der Waals surface area (Å²) in [5, 5.41) is 17.2. The SMILES string of the molecule is COc1cc(/C(N)=N/O)ccc1NC(=O)NC1CCC1. The third-order valence-electron chi connectivity index (χ3n) is 3.29. The summed E-state index contributed by atoms with van der Waals surface area (Å²) in [6.07, 6.45) is 3.20. The minimum Gasteiger partial charge on any atom is -0.495 e. The maximum Gasteiger partial charge on any atom is 0.319 e. The van der Waals surface area contributed by atoms with Crippen molar-refractivity contribution in [3.8, 4) is 5.75 Å². The van der Waals surface area contributed by atoms with Crippen LogP contribution in [0.3, 0.4) is 0 Å². The molecular formula is C13H18N4O3. The number of oxime groups is 1. The second kappa shape index (κ2) is 6.14. The van der Waals surface area contributed by atoms with Gasteiger partial charge in [0.25, 0.3) is 0 Å². The number of hydrogen-bond acceptors (Lipinski definition) is 4. The Morgan fingerprint density at radius 1 is 1.50 bits per heavy atom. The van der Waals surface area contributed by atoms with Crippen molar-refractivity contribution >= 4 is 17.6 Å². The van der Waals surface area contributed by atoms with E-state index in [1.807, 2.05) is 0 Å². The average Bonchev–Trinajstić information content (AvgIpc) is 2.42. The molecule has 7 nitrogen and oxygen atoms in total. The molecule has 1 aromatic carbocycles. The van der Waals surface area contributed by atoms with Crippen LogP contribution >= 0.6 is 0 Å². The summed E-state index contributed by atoms with van der Waals surface area (Å²) in [6, 6.07) is 4.87. The number of nitrogens with one attached hydrogen (secondary N) is 2. The smallest absolute Gasteiger partial charge is 0.319 e. The fraction of sp³-hybridized carbons (Fsp3) is 0.385. The lowest BCUT2D eigenvalue weighted by molar-refractivity contribution is 0.240. The molecule has 0 bridgehead atoms. The molecule has 108 valence electrons. The molecule has 0 aromatic heterocycles. The van der Waals surface area contributed by atoms with E-state index in [0.717, 1.165) is 19.3 Å². The highest BCUT2D eigenvalue weighted by atomic mass is 16.5. The lowest BCUT2D eigenvalue weighted by Crippen LogP contribution is -2.41. The number of hydrogen-bond donors (Lipinski definition) is 4. The van der Waals surface area contributed by atoms with Crippen LogP contribution < -0.4 is 21.1 Å². The number of amides is 2. The van der Waals surface area contributed by atoms with E-state index in [2.05, 4.69) is 15.8 Å². The van der Waals surface area contributed by atoms with Gasteiger partial charge < -0.3 is 26.3 Å². The normalized spacial score (nSPS) is 15.3. The summed E-state index contributed by atoms with van der Waals surface area (Å²) in [6.45, 7) is 0. The van der Waals surface area contributed by atoms with Gasteiger partial charge in [0.1, 0.15) is 5.75 Å². The predicted octanol–water partition coefficient (Wildman–Crippen LogP) is 1.46. The van der Waals surface area contributed by atoms with E-state index in [1.54, 1.807) is 18.2 Å². The van der Waals surface area contributed by atoms with Crippen molar-refractivity contribution < 1.29 is 14.7 Å². The Hall–Kier alpha value is -2.44. The molecule has 0 atom stereocenters. The van der Waals surface area contributed by atoms with E-state index in [4.69, 9.17) is 15.7 Å². The molecule has 0 unspecified atom stereocenters. The number of nitrogens with two attached hydrogens (primary N) is 1. The van der Waals surface area contributed by atoms with Gasteiger partial charge in [-0.1, -0.05) is 5.16 Å². The van der Waals surface area contributed by atoms with Crippen LogP contribution in [0, 0.1) is 0 Å². The molecule has 20 heavy (non-hydrogen) atoms. The van der Waals surface area contributed by atoms with Crippen LogP contribution in [0.25, 0.3) is 0 Å². The second-order valence-corrected chi connectivity index (χ2v) is 4.63. The van der Waals surface area contributed by atoms with E-state index < -0.39 is 0 Å². The van der Waals surface area contributed by atoms with Gasteiger partial charge in [-0.3, -0.25) is 0 Å². The Morgan fingerprint density at radius 2 is 2.25 bits per heavy atom. The molecule has 1 fully saturated rings. The zero-order valence-corrected chi connectivity index (χ0v) is 11.2. The van der Waals surface area contributed by atoms with Gasteiger partial charge in [-0.05, 0) is 37.5 Å². The lowest BCUT2D eigenvalue weighted by atomic mass is 9.93. The van der Waals surface area contributed by atoms with Crippen molar-refractivity contribution in [2.75, 3.05) is 12.4 Å². The first-order valence-corrected chi connectivity index (χ1v) is 6.37. The van der Waals surface area contributed by atoms with Gasteiger partial charge in [0, 0.05) is 11.6 Å². The van der Waals surface area contributed by atoms with Crippen LogP contribution in [0.1, 0.15) is 24.8 Å². The fourth-order valence-electron chi connectivity index (χ4n) is 1.91. The Labute approximate surface area is 116 Å². The third kappa shape index (κ3) is 3.11. The number of anilines is 1. The molecule has 2 amide bonds. The summed E-state index contributed by atoms with van der Waals surface area (Å²) in [4.78, 5) is 11.8. The monoisotopic (exact) mass is 278 g/mol. The standard InChI is InChI=1S/C13H18N4O3/c1-20-11-7-8(12(14)17-19)5-6-10(11)16-13(18)15-9-3-2-4-9/h5-7,9,19H,2-4H2,1H3,(H2,14,17)(H2,15,16,18). The molecule has 1 saturated carbocycles. The van der Waals surface area contributed by atoms with Crippen molar-refractivity contribution in [3.63, 3.8) is 0 Å². The van der Waals surface area contributed by atoms with Gasteiger partial charge >= 0.3 is 6.03 Å². The number of nitrogens with zero attached hydrogens (tertiary/aromatic N) is 1. The van der Waals surface area contributed by atoms with Gasteiger partial charge in [0.15, 0.2) is 5.84 Å². The number of benzene rings is 1. The van der Waals surface area contributed by atoms with E-state index in [1.165, 1.54) is 7.11 Å². The maximum absolute atomic E-state index is 11.8. The number of methoxy groups -OCH3 is 1. The zero-order chi connectivity index (χ0) is 14.5. The molecule has 0 radical (unpaired) electrons. The molecule has 0 aliphatic heterocycles. The van der Waals surface area contributed by atoms with E-state index in [9.17, 15) is 4.79 Å². The van der Waals surface area contributed by atoms with Crippen molar-refractivity contribution in [2.45, 2.75) is 25.3 Å². The van der Waals surface area contributed by atoms with Crippen LogP contribution in [0.4, 0.5) is 10.5 Å². The Balaban J connectivity index is 2.08. The van der Waals surface area contributed by atoms with Gasteiger partial charge in [-0.25, -0.2) is 4.79 Å². The molecule has 0 spiro atoms. The quantitative estimate of drug-likeness (QED) is 0.289. The number of amidine groups is 1. The van der Waals surface area contributed by atoms with Crippen molar-refractivity contribution in [1.29, 1.82) is 0 Å². The molecule has 1 aromatic rings. The molecular weight excluding hydrogens is 260 g/mol. The fourth-order valence-corrected chi connectivity index (χ4v) is 1.91. The summed E-state index contributed by atoms with van der Waals surface area (Å²) >= 11 is 0. The molecule has 5 N–H and O–H groups in total. The van der Waals surface area contributed by atoms with Gasteiger partial charge in [0.05, 0.1) is 12.8 Å². The lowest BCUT2D eigenvalue weighted by Gasteiger charge is -2.26. The summed E-state index contributed by atoms with van der Waals surface area (Å²) < 4.78 is 5.19. The van der Waals surface area contributed by atoms with Gasteiger partial charge in [0.2, 0.25) is 0 Å². The topological polar surface area (TPSA) is 109 Å². The highest BCUT2D eigenvalue weighted by Crippen LogP contribution is 2.26. The number of ether oxygens (including phenoxy) is 1. The molecule has 1 aliphatic carbocycles. The number of urea groups is 1. The minimum atomic E-state index is -0.260. The Bertz CT molecular complexity index is 526. The minimum absolute atomic E-state index is 0.0197. The van der Waals surface area contributed by atoms with Crippen molar-refractivity contribution in [2.24, 2.45) is 10.9 Å². The first-order valence-electron chi connectivity index (χ1n) is 6.37. The Morgan fingerprint density at radius 3 is 2.80 bits per heavy atom. The highest BCUT2D eigenvalue weighted by Gasteiger charge is 2.20. The van der Waals surface area contributed by atoms with E-state index in [0.29, 0.717) is 17.0 Å². The van der Waals surface area contributed by atoms with Crippen LogP contribution in [-0.2, 0) is 0 Å². The summed E-state index contributed by atoms with van der Waals surface area (Å²) in [5.41, 5.74) is 6.54. The first kappa shape index (κ1) is 14.0. The van der Waals surface area contributed by atoms with Crippen LogP contribution in [-0.4, -0.2) is 30.2 Å². The maximum atomic E-state index is 11.8. The molecule has 7 heteroatoms. The second-order valence-electron chi connectivity index (χ2n) is 4.63. The molecule has 0 saturated heterocycles. The van der Waals surface area contributed by atoms with E-state index in [-0.39, 0.29) is 17.9 Å². The Kier molecular flexibility index (Phi) is 4.29. The predicted molar refractivity (Wildman–Crippen MR) is 75.3 cm³/mol. The number of carbonyl (C=O) groups is 1. The third-order valence-corrected chi connectivity index (χ3v) is 3.29. The highest BCUT2D eigenvalue weighted by molar-refractivity contribution is 5.99. The molecule has 2 rings (SSSR count). The largest absolute Gasteiger partial charge is 0.495 e. The molecule has 1 aliphatic rings.